The molecular formula is C25H28N6O8. The van der Waals surface area contributed by atoms with Crippen molar-refractivity contribution in [3.63, 3.8) is 0 Å². The van der Waals surface area contributed by atoms with Crippen molar-refractivity contribution < 1.29 is 38.7 Å². The molecule has 1 saturated heterocycles. The number of hydrogen-bond acceptors (Lipinski definition) is 12. The number of rotatable bonds is 8. The molecule has 5 rings (SSSR count). The number of anilines is 1. The van der Waals surface area contributed by atoms with E-state index < -0.39 is 30.4 Å². The first kappa shape index (κ1) is 26.3. The Morgan fingerprint density at radius 1 is 1.15 bits per heavy atom. The molecule has 3 aromatic rings. The second kappa shape index (κ2) is 10.8. The maximum Gasteiger partial charge on any atom is 0.252 e. The highest BCUT2D eigenvalue weighted by molar-refractivity contribution is 5.83. The molecule has 14 heteroatoms. The Morgan fingerprint density at radius 2 is 1.87 bits per heavy atom. The number of nitrogen functional groups attached to an aromatic ring is 1. The quantitative estimate of drug-likeness (QED) is 0.275. The first-order valence-corrected chi connectivity index (χ1v) is 12.1. The topological polar surface area (TPSA) is 185 Å². The summed E-state index contributed by atoms with van der Waals surface area (Å²) in [4.78, 5) is 25.2. The number of carbonyl (C=O) groups is 1. The Bertz CT molecular complexity index is 1420. The van der Waals surface area contributed by atoms with Crippen molar-refractivity contribution in [3.05, 3.63) is 24.3 Å². The Morgan fingerprint density at radius 3 is 2.51 bits per heavy atom. The fourth-order valence-corrected chi connectivity index (χ4v) is 4.17. The van der Waals surface area contributed by atoms with Crippen molar-refractivity contribution in [2.24, 2.45) is 0 Å². The number of nitrogens with zero attached hydrogens (tertiary/aromatic N) is 4. The molecule has 0 radical (unpaired) electrons. The van der Waals surface area contributed by atoms with Gasteiger partial charge in [-0.1, -0.05) is 5.92 Å². The standard InChI is InChI=1S/C25H28N6O8/c1-35-14-9-13(10-15(36-2)20(14)37-3)38-8-4-5-16-29-22(26)17-23(30-16)31(11-27-17)25-19(33)18(32)21(39-25)24(34)28-12-6-7-12/h9-12,18-19,21,25,32-33H,6-8H2,1-3H3,(H,28,34)(H2,26,29,30)/t18-,19+,21-,25+/m0/s1. The van der Waals surface area contributed by atoms with Gasteiger partial charge in [-0.15, -0.1) is 0 Å². The van der Waals surface area contributed by atoms with E-state index in [4.69, 9.17) is 29.4 Å². The predicted octanol–water partition coefficient (Wildman–Crippen LogP) is -0.237. The monoisotopic (exact) mass is 540 g/mol. The molecule has 1 saturated carbocycles. The zero-order valence-electron chi connectivity index (χ0n) is 21.5. The second-order valence-corrected chi connectivity index (χ2v) is 8.92. The van der Waals surface area contributed by atoms with Gasteiger partial charge in [0, 0.05) is 18.2 Å². The normalized spacial score (nSPS) is 22.2. The lowest BCUT2D eigenvalue weighted by Gasteiger charge is -2.16. The van der Waals surface area contributed by atoms with E-state index in [2.05, 4.69) is 32.1 Å². The zero-order chi connectivity index (χ0) is 27.7. The van der Waals surface area contributed by atoms with Crippen molar-refractivity contribution in [2.75, 3.05) is 33.7 Å². The van der Waals surface area contributed by atoms with E-state index in [1.54, 1.807) is 12.1 Å². The minimum absolute atomic E-state index is 0.0202. The van der Waals surface area contributed by atoms with E-state index in [1.165, 1.54) is 32.2 Å². The lowest BCUT2D eigenvalue weighted by atomic mass is 10.1. The highest BCUT2D eigenvalue weighted by atomic mass is 16.6. The Labute approximate surface area is 223 Å². The number of methoxy groups -OCH3 is 3. The summed E-state index contributed by atoms with van der Waals surface area (Å²) in [5.74, 6) is 7.01. The average Bonchev–Trinajstić information content (AvgIpc) is 3.57. The third kappa shape index (κ3) is 5.19. The van der Waals surface area contributed by atoms with Gasteiger partial charge in [0.05, 0.1) is 27.7 Å². The van der Waals surface area contributed by atoms with Crippen LogP contribution in [0.2, 0.25) is 0 Å². The maximum absolute atomic E-state index is 12.5. The van der Waals surface area contributed by atoms with Gasteiger partial charge in [-0.3, -0.25) is 9.36 Å². The molecule has 1 aromatic carbocycles. The molecule has 2 fully saturated rings. The Balaban J connectivity index is 1.34. The molecule has 0 unspecified atom stereocenters. The summed E-state index contributed by atoms with van der Waals surface area (Å²) < 4.78 is 28.8. The number of fused-ring (bicyclic) bond motifs is 1. The van der Waals surface area contributed by atoms with Crippen LogP contribution in [0.3, 0.4) is 0 Å². The van der Waals surface area contributed by atoms with Crippen molar-refractivity contribution in [2.45, 2.75) is 43.4 Å². The minimum atomic E-state index is -1.43. The van der Waals surface area contributed by atoms with Gasteiger partial charge in [-0.05, 0) is 18.8 Å². The Kier molecular flexibility index (Phi) is 7.29. The van der Waals surface area contributed by atoms with Crippen LogP contribution < -0.4 is 30.0 Å². The van der Waals surface area contributed by atoms with Crippen LogP contribution in [-0.2, 0) is 9.53 Å². The first-order valence-electron chi connectivity index (χ1n) is 12.1. The third-order valence-electron chi connectivity index (χ3n) is 6.29. The van der Waals surface area contributed by atoms with Crippen LogP contribution in [0.4, 0.5) is 5.82 Å². The molecule has 14 nitrogen and oxygen atoms in total. The number of imidazole rings is 1. The van der Waals surface area contributed by atoms with E-state index >= 15 is 0 Å². The first-order chi connectivity index (χ1) is 18.8. The molecule has 2 aliphatic rings. The molecule has 1 aliphatic heterocycles. The van der Waals surface area contributed by atoms with Gasteiger partial charge in [0.25, 0.3) is 5.91 Å². The second-order valence-electron chi connectivity index (χ2n) is 8.92. The SMILES string of the molecule is COc1cc(OCC#Cc2nc(N)c3ncn([C@@H]4O[C@H](C(=O)NC5CC5)[C@@H](O)[C@H]4O)c3n2)cc(OC)c1OC. The van der Waals surface area contributed by atoms with E-state index in [-0.39, 0.29) is 35.5 Å². The van der Waals surface area contributed by atoms with Gasteiger partial charge in [0.2, 0.25) is 11.6 Å². The fraction of sp³-hybridized carbons (Fsp3) is 0.440. The van der Waals surface area contributed by atoms with Gasteiger partial charge < -0.3 is 44.9 Å². The minimum Gasteiger partial charge on any atom is -0.493 e. The van der Waals surface area contributed by atoms with Crippen LogP contribution in [0.1, 0.15) is 24.9 Å². The molecule has 206 valence electrons. The summed E-state index contributed by atoms with van der Waals surface area (Å²) >= 11 is 0. The van der Waals surface area contributed by atoms with Crippen molar-refractivity contribution in [1.29, 1.82) is 0 Å². The fourth-order valence-electron chi connectivity index (χ4n) is 4.17. The largest absolute Gasteiger partial charge is 0.493 e. The van der Waals surface area contributed by atoms with Crippen LogP contribution in [0.25, 0.3) is 11.2 Å². The molecule has 0 spiro atoms. The van der Waals surface area contributed by atoms with E-state index in [0.717, 1.165) is 12.8 Å². The lowest BCUT2D eigenvalue weighted by molar-refractivity contribution is -0.137. The maximum atomic E-state index is 12.5. The smallest absolute Gasteiger partial charge is 0.252 e. The summed E-state index contributed by atoms with van der Waals surface area (Å²) in [5.41, 5.74) is 6.55. The summed E-state index contributed by atoms with van der Waals surface area (Å²) in [6.45, 7) is -0.0202. The molecule has 2 aromatic heterocycles. The summed E-state index contributed by atoms with van der Waals surface area (Å²) in [5, 5.41) is 23.9. The van der Waals surface area contributed by atoms with Crippen LogP contribution >= 0.6 is 0 Å². The van der Waals surface area contributed by atoms with Gasteiger partial charge in [0.1, 0.15) is 30.1 Å². The van der Waals surface area contributed by atoms with E-state index in [1.807, 2.05) is 0 Å². The number of aliphatic hydroxyl groups excluding tert-OH is 2. The van der Waals surface area contributed by atoms with Gasteiger partial charge in [0.15, 0.2) is 35.3 Å². The molecule has 1 amide bonds. The number of hydrogen-bond donors (Lipinski definition) is 4. The van der Waals surface area contributed by atoms with Crippen LogP contribution in [0.5, 0.6) is 23.0 Å². The van der Waals surface area contributed by atoms with Crippen LogP contribution in [-0.4, -0.2) is 87.9 Å². The van der Waals surface area contributed by atoms with Crippen LogP contribution in [0, 0.1) is 11.8 Å². The Hall–Kier alpha value is -4.32. The number of nitrogens with one attached hydrogen (secondary N) is 1. The molecule has 1 aliphatic carbocycles. The number of amides is 1. The van der Waals surface area contributed by atoms with Gasteiger partial charge >= 0.3 is 0 Å². The lowest BCUT2D eigenvalue weighted by Crippen LogP contribution is -2.43. The van der Waals surface area contributed by atoms with Crippen molar-refractivity contribution in [1.82, 2.24) is 24.8 Å². The number of nitrogens with two attached hydrogens (primary N) is 1. The summed E-state index contributed by atoms with van der Waals surface area (Å²) in [6, 6.07) is 3.36. The summed E-state index contributed by atoms with van der Waals surface area (Å²) in [6.07, 6.45) is -2.11. The molecular weight excluding hydrogens is 512 g/mol. The van der Waals surface area contributed by atoms with Crippen molar-refractivity contribution in [3.8, 4) is 34.8 Å². The molecule has 4 atom stereocenters. The van der Waals surface area contributed by atoms with E-state index in [0.29, 0.717) is 23.0 Å². The number of aromatic nitrogens is 4. The zero-order valence-corrected chi connectivity index (χ0v) is 21.5. The van der Waals surface area contributed by atoms with Gasteiger partial charge in [-0.25, -0.2) is 15.0 Å². The number of ether oxygens (including phenoxy) is 5. The summed E-state index contributed by atoms with van der Waals surface area (Å²) in [7, 11) is 4.51. The predicted molar refractivity (Wildman–Crippen MR) is 135 cm³/mol. The number of aliphatic hydroxyl groups is 2. The molecule has 0 bridgehead atoms. The highest BCUT2D eigenvalue weighted by Gasteiger charge is 2.48. The van der Waals surface area contributed by atoms with Gasteiger partial charge in [-0.2, -0.15) is 0 Å². The average molecular weight is 541 g/mol. The number of benzene rings is 1. The third-order valence-corrected chi connectivity index (χ3v) is 6.29. The van der Waals surface area contributed by atoms with E-state index in [9.17, 15) is 15.0 Å². The van der Waals surface area contributed by atoms with Crippen LogP contribution in [0.15, 0.2) is 18.5 Å². The van der Waals surface area contributed by atoms with Crippen molar-refractivity contribution >= 4 is 22.9 Å². The molecule has 39 heavy (non-hydrogen) atoms. The molecule has 5 N–H and O–H groups in total. The number of carbonyl (C=O) groups excluding carboxylic acids is 1. The highest BCUT2D eigenvalue weighted by Crippen LogP contribution is 2.40. The molecule has 3 heterocycles.